The molecular formula is C23H27FN2O2. The van der Waals surface area contributed by atoms with E-state index in [0.29, 0.717) is 25.9 Å². The van der Waals surface area contributed by atoms with Gasteiger partial charge in [0, 0.05) is 25.0 Å². The van der Waals surface area contributed by atoms with Gasteiger partial charge < -0.3 is 10.2 Å². The third-order valence-corrected chi connectivity index (χ3v) is 5.35. The van der Waals surface area contributed by atoms with Gasteiger partial charge in [0.1, 0.15) is 5.82 Å². The first-order valence-corrected chi connectivity index (χ1v) is 9.92. The number of carbonyl (C=O) groups excluding carboxylic acids is 2. The number of likely N-dealkylation sites (tertiary alicyclic amines) is 1. The predicted octanol–water partition coefficient (Wildman–Crippen LogP) is 3.82. The van der Waals surface area contributed by atoms with Crippen LogP contribution in [0.1, 0.15) is 42.1 Å². The van der Waals surface area contributed by atoms with E-state index in [1.807, 2.05) is 25.1 Å². The van der Waals surface area contributed by atoms with Crippen LogP contribution in [0.3, 0.4) is 0 Å². The molecule has 0 saturated carbocycles. The predicted molar refractivity (Wildman–Crippen MR) is 107 cm³/mol. The zero-order valence-electron chi connectivity index (χ0n) is 16.2. The van der Waals surface area contributed by atoms with Crippen molar-refractivity contribution in [2.24, 2.45) is 5.92 Å². The van der Waals surface area contributed by atoms with E-state index in [1.165, 1.54) is 17.7 Å². The lowest BCUT2D eigenvalue weighted by molar-refractivity contribution is -0.126. The summed E-state index contributed by atoms with van der Waals surface area (Å²) >= 11 is 0. The van der Waals surface area contributed by atoms with Gasteiger partial charge in [0.25, 0.3) is 5.91 Å². The molecule has 3 rings (SSSR count). The molecule has 2 aromatic carbocycles. The quantitative estimate of drug-likeness (QED) is 0.826. The fraction of sp³-hybridized carbons (Fsp3) is 0.391. The van der Waals surface area contributed by atoms with E-state index in [2.05, 4.69) is 17.4 Å². The molecule has 0 spiro atoms. The molecule has 1 heterocycles. The van der Waals surface area contributed by atoms with Crippen molar-refractivity contribution in [3.8, 4) is 0 Å². The number of aryl methyl sites for hydroxylation is 1. The number of hydrogen-bond donors (Lipinski definition) is 1. The molecular weight excluding hydrogens is 355 g/mol. The minimum atomic E-state index is -0.500. The molecule has 5 heteroatoms. The van der Waals surface area contributed by atoms with Gasteiger partial charge in [-0.3, -0.25) is 9.59 Å². The van der Waals surface area contributed by atoms with Crippen molar-refractivity contribution in [2.75, 3.05) is 13.1 Å². The number of piperidine rings is 1. The minimum absolute atomic E-state index is 0.0542. The molecule has 4 nitrogen and oxygen atoms in total. The first-order chi connectivity index (χ1) is 13.5. The summed E-state index contributed by atoms with van der Waals surface area (Å²) in [6, 6.07) is 16.4. The summed E-state index contributed by atoms with van der Waals surface area (Å²) in [5.74, 6) is -0.838. The van der Waals surface area contributed by atoms with Crippen LogP contribution in [0.15, 0.2) is 54.6 Å². The average molecular weight is 382 g/mol. The van der Waals surface area contributed by atoms with E-state index < -0.39 is 5.82 Å². The molecule has 0 bridgehead atoms. The lowest BCUT2D eigenvalue weighted by Gasteiger charge is -2.32. The van der Waals surface area contributed by atoms with Crippen LogP contribution in [-0.2, 0) is 11.2 Å². The number of halogens is 1. The molecule has 0 aromatic heterocycles. The third kappa shape index (κ3) is 5.18. The van der Waals surface area contributed by atoms with Crippen LogP contribution in [0.25, 0.3) is 0 Å². The Kier molecular flexibility index (Phi) is 6.80. The number of amides is 2. The summed E-state index contributed by atoms with van der Waals surface area (Å²) in [4.78, 5) is 26.7. The number of hydrogen-bond acceptors (Lipinski definition) is 2. The van der Waals surface area contributed by atoms with Crippen molar-refractivity contribution < 1.29 is 14.0 Å². The zero-order valence-corrected chi connectivity index (χ0v) is 16.2. The Labute approximate surface area is 165 Å². The summed E-state index contributed by atoms with van der Waals surface area (Å²) < 4.78 is 13.8. The van der Waals surface area contributed by atoms with Crippen LogP contribution < -0.4 is 5.32 Å². The van der Waals surface area contributed by atoms with Crippen LogP contribution in [0, 0.1) is 11.7 Å². The second-order valence-corrected chi connectivity index (χ2v) is 7.48. The molecule has 1 unspecified atom stereocenters. The van der Waals surface area contributed by atoms with E-state index in [9.17, 15) is 14.0 Å². The Bertz CT molecular complexity index is 801. The van der Waals surface area contributed by atoms with Crippen LogP contribution in [0.2, 0.25) is 0 Å². The number of nitrogens with zero attached hydrogens (tertiary/aromatic N) is 1. The monoisotopic (exact) mass is 382 g/mol. The molecule has 1 atom stereocenters. The van der Waals surface area contributed by atoms with E-state index >= 15 is 0 Å². The summed E-state index contributed by atoms with van der Waals surface area (Å²) in [5, 5.41) is 3.10. The standard InChI is InChI=1S/C23H27FN2O2/c1-17(11-12-18-7-3-2-4-8-18)25-22(27)19-13-15-26(16-14-19)23(28)20-9-5-6-10-21(20)24/h2-10,17,19H,11-16H2,1H3,(H,25,27). The third-order valence-electron chi connectivity index (χ3n) is 5.35. The molecule has 1 aliphatic rings. The van der Waals surface area contributed by atoms with Gasteiger partial charge in [-0.25, -0.2) is 4.39 Å². The molecule has 28 heavy (non-hydrogen) atoms. The SMILES string of the molecule is CC(CCc1ccccc1)NC(=O)C1CCN(C(=O)c2ccccc2F)CC1. The zero-order chi connectivity index (χ0) is 19.9. The van der Waals surface area contributed by atoms with E-state index in [0.717, 1.165) is 12.8 Å². The average Bonchev–Trinajstić information content (AvgIpc) is 2.73. The highest BCUT2D eigenvalue weighted by atomic mass is 19.1. The van der Waals surface area contributed by atoms with Crippen molar-refractivity contribution in [2.45, 2.75) is 38.6 Å². The Balaban J connectivity index is 1.44. The largest absolute Gasteiger partial charge is 0.353 e. The Hall–Kier alpha value is -2.69. The van der Waals surface area contributed by atoms with E-state index in [4.69, 9.17) is 0 Å². The molecule has 2 aromatic rings. The maximum absolute atomic E-state index is 13.8. The summed E-state index contributed by atoms with van der Waals surface area (Å²) in [6.45, 7) is 2.98. The van der Waals surface area contributed by atoms with Gasteiger partial charge in [0.05, 0.1) is 5.56 Å². The van der Waals surface area contributed by atoms with Gasteiger partial charge in [-0.2, -0.15) is 0 Å². The van der Waals surface area contributed by atoms with Gasteiger partial charge >= 0.3 is 0 Å². The Morgan fingerprint density at radius 1 is 1.07 bits per heavy atom. The van der Waals surface area contributed by atoms with Crippen molar-refractivity contribution in [1.82, 2.24) is 10.2 Å². The molecule has 0 aliphatic carbocycles. The van der Waals surface area contributed by atoms with Crippen LogP contribution in [-0.4, -0.2) is 35.8 Å². The first-order valence-electron chi connectivity index (χ1n) is 9.92. The van der Waals surface area contributed by atoms with E-state index in [-0.39, 0.29) is 29.3 Å². The maximum Gasteiger partial charge on any atom is 0.256 e. The van der Waals surface area contributed by atoms with Gasteiger partial charge in [0.15, 0.2) is 0 Å². The Morgan fingerprint density at radius 2 is 1.71 bits per heavy atom. The van der Waals surface area contributed by atoms with Gasteiger partial charge in [-0.15, -0.1) is 0 Å². The summed E-state index contributed by atoms with van der Waals surface area (Å²) in [7, 11) is 0. The highest BCUT2D eigenvalue weighted by molar-refractivity contribution is 5.94. The number of benzene rings is 2. The molecule has 1 fully saturated rings. The van der Waals surface area contributed by atoms with Crippen molar-refractivity contribution in [1.29, 1.82) is 0 Å². The fourth-order valence-electron chi connectivity index (χ4n) is 3.61. The topological polar surface area (TPSA) is 49.4 Å². The first kappa shape index (κ1) is 20.1. The normalized spacial score (nSPS) is 15.9. The van der Waals surface area contributed by atoms with Gasteiger partial charge in [-0.05, 0) is 50.3 Å². The van der Waals surface area contributed by atoms with Gasteiger partial charge in [0.2, 0.25) is 5.91 Å². The summed E-state index contributed by atoms with van der Waals surface area (Å²) in [6.07, 6.45) is 3.03. The van der Waals surface area contributed by atoms with Gasteiger partial charge in [-0.1, -0.05) is 42.5 Å². The highest BCUT2D eigenvalue weighted by Gasteiger charge is 2.29. The molecule has 1 aliphatic heterocycles. The molecule has 0 radical (unpaired) electrons. The number of carbonyl (C=O) groups is 2. The second kappa shape index (κ2) is 9.49. The summed E-state index contributed by atoms with van der Waals surface area (Å²) in [5.41, 5.74) is 1.36. The van der Waals surface area contributed by atoms with Crippen molar-refractivity contribution in [3.63, 3.8) is 0 Å². The van der Waals surface area contributed by atoms with E-state index in [1.54, 1.807) is 17.0 Å². The fourth-order valence-corrected chi connectivity index (χ4v) is 3.61. The van der Waals surface area contributed by atoms with Crippen LogP contribution in [0.5, 0.6) is 0 Å². The smallest absolute Gasteiger partial charge is 0.256 e. The number of rotatable bonds is 6. The molecule has 1 N–H and O–H groups in total. The molecule has 2 amide bonds. The lowest BCUT2D eigenvalue weighted by atomic mass is 9.94. The molecule has 1 saturated heterocycles. The van der Waals surface area contributed by atoms with Crippen molar-refractivity contribution in [3.05, 3.63) is 71.5 Å². The second-order valence-electron chi connectivity index (χ2n) is 7.48. The molecule has 148 valence electrons. The Morgan fingerprint density at radius 3 is 2.39 bits per heavy atom. The maximum atomic E-state index is 13.8. The van der Waals surface area contributed by atoms with Crippen molar-refractivity contribution >= 4 is 11.8 Å². The highest BCUT2D eigenvalue weighted by Crippen LogP contribution is 2.20. The van der Waals surface area contributed by atoms with Crippen LogP contribution >= 0.6 is 0 Å². The minimum Gasteiger partial charge on any atom is -0.353 e. The number of nitrogens with one attached hydrogen (secondary N) is 1. The van der Waals surface area contributed by atoms with Crippen LogP contribution in [0.4, 0.5) is 4.39 Å². The lowest BCUT2D eigenvalue weighted by Crippen LogP contribution is -2.45.